The van der Waals surface area contributed by atoms with E-state index in [9.17, 15) is 5.11 Å². The van der Waals surface area contributed by atoms with Crippen LogP contribution in [0.25, 0.3) is 0 Å². The van der Waals surface area contributed by atoms with Gasteiger partial charge in [-0.3, -0.25) is 0 Å². The first-order valence-corrected chi connectivity index (χ1v) is 5.82. The lowest BCUT2D eigenvalue weighted by Gasteiger charge is -2.08. The third-order valence-corrected chi connectivity index (χ3v) is 3.36. The van der Waals surface area contributed by atoms with Gasteiger partial charge in [-0.15, -0.1) is 11.8 Å². The second kappa shape index (κ2) is 5.37. The van der Waals surface area contributed by atoms with E-state index in [1.807, 2.05) is 12.1 Å². The van der Waals surface area contributed by atoms with Gasteiger partial charge in [0.1, 0.15) is 0 Å². The number of rotatable bonds is 4. The lowest BCUT2D eigenvalue weighted by atomic mass is 10.2. The molecule has 0 amide bonds. The fourth-order valence-corrected chi connectivity index (χ4v) is 1.84. The molecule has 2 atom stereocenters. The molecule has 78 valence electrons. The highest BCUT2D eigenvalue weighted by atomic mass is 32.2. The second-order valence-electron chi connectivity index (χ2n) is 3.44. The molecule has 2 nitrogen and oxygen atoms in total. The van der Waals surface area contributed by atoms with Crippen LogP contribution in [0.3, 0.4) is 0 Å². The Balaban J connectivity index is 2.64. The predicted octanol–water partition coefficient (Wildman–Crippen LogP) is 3.03. The number of aliphatic hydroxyl groups is 1. The van der Waals surface area contributed by atoms with Gasteiger partial charge < -0.3 is 5.11 Å². The Morgan fingerprint density at radius 1 is 1.43 bits per heavy atom. The molecule has 1 N–H and O–H groups in total. The first kappa shape index (κ1) is 11.5. The Labute approximate surface area is 89.8 Å². The molecule has 14 heavy (non-hydrogen) atoms. The smallest absolute Gasteiger partial charge is 0.0962 e. The monoisotopic (exact) mass is 211 g/mol. The van der Waals surface area contributed by atoms with Gasteiger partial charge in [-0.25, -0.2) is 4.98 Å². The fraction of sp³-hybridized carbons (Fsp3) is 0.545. The van der Waals surface area contributed by atoms with Crippen LogP contribution >= 0.6 is 11.8 Å². The van der Waals surface area contributed by atoms with E-state index in [-0.39, 0.29) is 0 Å². The molecule has 0 aliphatic carbocycles. The van der Waals surface area contributed by atoms with E-state index in [4.69, 9.17) is 0 Å². The van der Waals surface area contributed by atoms with Crippen molar-refractivity contribution in [3.63, 3.8) is 0 Å². The minimum absolute atomic E-state index is 0.426. The average molecular weight is 211 g/mol. The molecule has 1 rings (SSSR count). The van der Waals surface area contributed by atoms with Crippen LogP contribution in [-0.2, 0) is 0 Å². The van der Waals surface area contributed by atoms with Crippen molar-refractivity contribution in [3.05, 3.63) is 23.9 Å². The summed E-state index contributed by atoms with van der Waals surface area (Å²) >= 11 is 1.77. The van der Waals surface area contributed by atoms with Crippen molar-refractivity contribution in [1.82, 2.24) is 4.98 Å². The largest absolute Gasteiger partial charge is 0.389 e. The maximum absolute atomic E-state index is 9.30. The van der Waals surface area contributed by atoms with Crippen LogP contribution < -0.4 is 0 Å². The third kappa shape index (κ3) is 3.31. The molecule has 0 aliphatic rings. The maximum Gasteiger partial charge on any atom is 0.0962 e. The van der Waals surface area contributed by atoms with Gasteiger partial charge in [0.15, 0.2) is 0 Å². The number of hydrogen-bond donors (Lipinski definition) is 1. The van der Waals surface area contributed by atoms with Crippen molar-refractivity contribution in [1.29, 1.82) is 0 Å². The summed E-state index contributed by atoms with van der Waals surface area (Å²) in [5.74, 6) is 0. The molecular formula is C11H17NOS. The molecule has 1 aromatic heterocycles. The molecule has 1 unspecified atom stereocenters. The van der Waals surface area contributed by atoms with Gasteiger partial charge in [0, 0.05) is 11.4 Å². The van der Waals surface area contributed by atoms with Gasteiger partial charge in [-0.1, -0.05) is 19.9 Å². The first-order valence-electron chi connectivity index (χ1n) is 4.94. The van der Waals surface area contributed by atoms with Crippen LogP contribution in [0, 0.1) is 0 Å². The molecule has 0 saturated heterocycles. The maximum atomic E-state index is 9.30. The number of hydrogen-bond acceptors (Lipinski definition) is 3. The van der Waals surface area contributed by atoms with Crippen molar-refractivity contribution in [2.75, 3.05) is 0 Å². The lowest BCUT2D eigenvalue weighted by Crippen LogP contribution is -1.95. The highest BCUT2D eigenvalue weighted by Gasteiger charge is 2.04. The molecular weight excluding hydrogens is 194 g/mol. The lowest BCUT2D eigenvalue weighted by molar-refractivity contribution is 0.198. The van der Waals surface area contributed by atoms with E-state index >= 15 is 0 Å². The van der Waals surface area contributed by atoms with Gasteiger partial charge >= 0.3 is 0 Å². The Hall–Kier alpha value is -0.540. The number of aromatic nitrogens is 1. The molecule has 0 radical (unpaired) electrons. The van der Waals surface area contributed by atoms with E-state index in [2.05, 4.69) is 18.8 Å². The Bertz CT molecular complexity index is 271. The quantitative estimate of drug-likeness (QED) is 0.777. The van der Waals surface area contributed by atoms with Crippen molar-refractivity contribution in [3.8, 4) is 0 Å². The van der Waals surface area contributed by atoms with E-state index in [0.717, 1.165) is 17.0 Å². The van der Waals surface area contributed by atoms with Gasteiger partial charge in [0.25, 0.3) is 0 Å². The molecule has 3 heteroatoms. The van der Waals surface area contributed by atoms with E-state index < -0.39 is 6.10 Å². The highest BCUT2D eigenvalue weighted by molar-refractivity contribution is 7.99. The first-order chi connectivity index (χ1) is 6.63. The van der Waals surface area contributed by atoms with Gasteiger partial charge in [-0.2, -0.15) is 0 Å². The highest BCUT2D eigenvalue weighted by Crippen LogP contribution is 2.23. The molecule has 0 aliphatic heterocycles. The van der Waals surface area contributed by atoms with Crippen molar-refractivity contribution in [2.24, 2.45) is 0 Å². The molecule has 1 aromatic rings. The normalized spacial score (nSPS) is 15.1. The summed E-state index contributed by atoms with van der Waals surface area (Å²) in [4.78, 5) is 4.29. The zero-order chi connectivity index (χ0) is 10.6. The third-order valence-electron chi connectivity index (χ3n) is 2.14. The Kier molecular flexibility index (Phi) is 4.42. The molecule has 0 aromatic carbocycles. The fourth-order valence-electron chi connectivity index (χ4n) is 0.998. The SMILES string of the molecule is CCC(C)Sc1ccc([C@H](C)O)cn1. The molecule has 0 fully saturated rings. The zero-order valence-electron chi connectivity index (χ0n) is 8.90. The van der Waals surface area contributed by atoms with Gasteiger partial charge in [-0.05, 0) is 25.0 Å². The number of thioether (sulfide) groups is 1. The van der Waals surface area contributed by atoms with Crippen LogP contribution in [0.1, 0.15) is 38.9 Å². The topological polar surface area (TPSA) is 33.1 Å². The number of nitrogens with zero attached hydrogens (tertiary/aromatic N) is 1. The van der Waals surface area contributed by atoms with Crippen LogP contribution in [0.5, 0.6) is 0 Å². The molecule has 0 spiro atoms. The zero-order valence-corrected chi connectivity index (χ0v) is 9.71. The predicted molar refractivity (Wildman–Crippen MR) is 60.5 cm³/mol. The van der Waals surface area contributed by atoms with Gasteiger partial charge in [0.05, 0.1) is 11.1 Å². The van der Waals surface area contributed by atoms with Gasteiger partial charge in [0.2, 0.25) is 0 Å². The van der Waals surface area contributed by atoms with Crippen LogP contribution in [0.15, 0.2) is 23.4 Å². The van der Waals surface area contributed by atoms with Crippen LogP contribution in [0.2, 0.25) is 0 Å². The summed E-state index contributed by atoms with van der Waals surface area (Å²) in [5.41, 5.74) is 0.874. The van der Waals surface area contributed by atoms with Crippen molar-refractivity contribution < 1.29 is 5.11 Å². The number of pyridine rings is 1. The minimum Gasteiger partial charge on any atom is -0.389 e. The standard InChI is InChI=1S/C11H17NOS/c1-4-8(2)14-11-6-5-10(7-12-11)9(3)13/h5-9,13H,4H2,1-3H3/t8?,9-/m0/s1. The molecule has 1 heterocycles. The summed E-state index contributed by atoms with van der Waals surface area (Å²) in [6.07, 6.45) is 2.46. The summed E-state index contributed by atoms with van der Waals surface area (Å²) in [5, 5.41) is 10.9. The van der Waals surface area contributed by atoms with Crippen LogP contribution in [0.4, 0.5) is 0 Å². The Morgan fingerprint density at radius 3 is 2.57 bits per heavy atom. The Morgan fingerprint density at radius 2 is 2.14 bits per heavy atom. The average Bonchev–Trinajstić information content (AvgIpc) is 2.18. The minimum atomic E-state index is -0.426. The van der Waals surface area contributed by atoms with E-state index in [1.165, 1.54) is 0 Å². The van der Waals surface area contributed by atoms with Crippen LogP contribution in [-0.4, -0.2) is 15.3 Å². The summed E-state index contributed by atoms with van der Waals surface area (Å²) in [6, 6.07) is 3.90. The van der Waals surface area contributed by atoms with E-state index in [0.29, 0.717) is 5.25 Å². The molecule has 0 bridgehead atoms. The van der Waals surface area contributed by atoms with Crippen molar-refractivity contribution >= 4 is 11.8 Å². The summed E-state index contributed by atoms with van der Waals surface area (Å²) in [6.45, 7) is 6.11. The number of aliphatic hydroxyl groups excluding tert-OH is 1. The summed E-state index contributed by atoms with van der Waals surface area (Å²) < 4.78 is 0. The summed E-state index contributed by atoms with van der Waals surface area (Å²) in [7, 11) is 0. The second-order valence-corrected chi connectivity index (χ2v) is 4.90. The molecule has 0 saturated carbocycles. The van der Waals surface area contributed by atoms with E-state index in [1.54, 1.807) is 24.9 Å². The van der Waals surface area contributed by atoms with Crippen molar-refractivity contribution in [2.45, 2.75) is 43.6 Å².